The van der Waals surface area contributed by atoms with Gasteiger partial charge in [-0.2, -0.15) is 10.5 Å². The summed E-state index contributed by atoms with van der Waals surface area (Å²) < 4.78 is 0. The topological polar surface area (TPSA) is 82.1 Å². The molecular weight excluding hydrogens is 468 g/mol. The fourth-order valence-electron chi connectivity index (χ4n) is 4.45. The Balaban J connectivity index is 1.47. The molecule has 4 aromatic rings. The molecule has 0 fully saturated rings. The smallest absolute Gasteiger partial charge is 0.197 e. The molecule has 0 aliphatic rings. The molecule has 6 heteroatoms. The first-order chi connectivity index (χ1) is 18.4. The zero-order chi connectivity index (χ0) is 27.1. The van der Waals surface area contributed by atoms with E-state index in [1.165, 1.54) is 0 Å². The molecule has 0 bridgehead atoms. The molecule has 0 unspecified atom stereocenters. The zero-order valence-corrected chi connectivity index (χ0v) is 21.3. The maximum atomic E-state index is 9.57. The van der Waals surface area contributed by atoms with Gasteiger partial charge in [0.15, 0.2) is 11.4 Å². The molecule has 6 nitrogen and oxygen atoms in total. The van der Waals surface area contributed by atoms with Crippen molar-refractivity contribution in [2.45, 2.75) is 39.5 Å². The molecule has 0 amide bonds. The van der Waals surface area contributed by atoms with Crippen molar-refractivity contribution < 1.29 is 0 Å². The number of aryl methyl sites for hydroxylation is 4. The van der Waals surface area contributed by atoms with Crippen LogP contribution in [0.2, 0.25) is 0 Å². The van der Waals surface area contributed by atoms with Gasteiger partial charge in [-0.05, 0) is 93.1 Å². The fourth-order valence-corrected chi connectivity index (χ4v) is 4.45. The molecule has 0 aliphatic heterocycles. The van der Waals surface area contributed by atoms with Crippen molar-refractivity contribution >= 4 is 11.4 Å². The molecular formula is C32H24N6. The van der Waals surface area contributed by atoms with Gasteiger partial charge in [-0.1, -0.05) is 18.2 Å². The lowest BCUT2D eigenvalue weighted by atomic mass is 10.0. The largest absolute Gasteiger partial charge is 0.254 e. The molecule has 0 N–H and O–H groups in total. The van der Waals surface area contributed by atoms with Gasteiger partial charge >= 0.3 is 0 Å². The van der Waals surface area contributed by atoms with E-state index in [0.717, 1.165) is 70.7 Å². The Morgan fingerprint density at radius 2 is 1.32 bits per heavy atom. The number of aromatic nitrogens is 2. The van der Waals surface area contributed by atoms with Crippen LogP contribution in [0.5, 0.6) is 0 Å². The minimum Gasteiger partial charge on any atom is -0.254 e. The van der Waals surface area contributed by atoms with E-state index >= 15 is 0 Å². The maximum absolute atomic E-state index is 9.57. The third-order valence-electron chi connectivity index (χ3n) is 6.21. The Kier molecular flexibility index (Phi) is 7.89. The van der Waals surface area contributed by atoms with Crippen LogP contribution in [0.4, 0.5) is 11.4 Å². The van der Waals surface area contributed by atoms with Crippen LogP contribution in [0.3, 0.4) is 0 Å². The lowest BCUT2D eigenvalue weighted by Crippen LogP contribution is -1.98. The molecule has 0 saturated carbocycles. The molecule has 0 radical (unpaired) electrons. The average Bonchev–Trinajstić information content (AvgIpc) is 2.94. The van der Waals surface area contributed by atoms with Crippen molar-refractivity contribution in [1.82, 2.24) is 9.97 Å². The van der Waals surface area contributed by atoms with E-state index in [0.29, 0.717) is 22.5 Å². The SMILES string of the molecule is [C-]#[N+]c1ccc(-c2cc(C)cc(CCCCc3cc(C)cc(-c4ccc(C#N)cc4[N+]#[C-])n3)n2)c(C#N)c1. The highest BCUT2D eigenvalue weighted by Gasteiger charge is 2.12. The van der Waals surface area contributed by atoms with E-state index in [9.17, 15) is 5.26 Å². The van der Waals surface area contributed by atoms with E-state index in [4.69, 9.17) is 28.4 Å². The van der Waals surface area contributed by atoms with Gasteiger partial charge in [-0.25, -0.2) is 9.69 Å². The molecule has 0 spiro atoms. The van der Waals surface area contributed by atoms with Crippen LogP contribution in [0.15, 0.2) is 60.7 Å². The van der Waals surface area contributed by atoms with Crippen molar-refractivity contribution in [3.05, 3.63) is 117 Å². The molecule has 0 atom stereocenters. The van der Waals surface area contributed by atoms with Gasteiger partial charge in [-0.3, -0.25) is 9.97 Å². The third kappa shape index (κ3) is 5.91. The second-order valence-corrected chi connectivity index (χ2v) is 9.16. The lowest BCUT2D eigenvalue weighted by molar-refractivity contribution is 0.712. The number of hydrogen-bond donors (Lipinski definition) is 0. The first kappa shape index (κ1) is 25.8. The summed E-state index contributed by atoms with van der Waals surface area (Å²) in [6, 6.07) is 22.6. The number of benzene rings is 2. The van der Waals surface area contributed by atoms with Crippen LogP contribution in [-0.2, 0) is 12.8 Å². The van der Waals surface area contributed by atoms with Crippen molar-refractivity contribution in [1.29, 1.82) is 10.5 Å². The summed E-state index contributed by atoms with van der Waals surface area (Å²) in [6.07, 6.45) is 3.44. The van der Waals surface area contributed by atoms with E-state index in [1.807, 2.05) is 26.0 Å². The fraction of sp³-hybridized carbons (Fsp3) is 0.188. The van der Waals surface area contributed by atoms with Crippen molar-refractivity contribution in [2.75, 3.05) is 0 Å². The quantitative estimate of drug-likeness (QED) is 0.194. The molecule has 182 valence electrons. The molecule has 2 aromatic carbocycles. The molecule has 0 saturated heterocycles. The zero-order valence-electron chi connectivity index (χ0n) is 21.3. The first-order valence-electron chi connectivity index (χ1n) is 12.2. The maximum Gasteiger partial charge on any atom is 0.197 e. The van der Waals surface area contributed by atoms with Crippen molar-refractivity contribution in [3.63, 3.8) is 0 Å². The van der Waals surface area contributed by atoms with Crippen LogP contribution in [-0.4, -0.2) is 9.97 Å². The Labute approximate surface area is 223 Å². The number of unbranched alkanes of at least 4 members (excludes halogenated alkanes) is 1. The first-order valence-corrected chi connectivity index (χ1v) is 12.2. The molecule has 4 rings (SSSR count). The van der Waals surface area contributed by atoms with Gasteiger partial charge in [0.2, 0.25) is 0 Å². The Bertz CT molecular complexity index is 1560. The second-order valence-electron chi connectivity index (χ2n) is 9.16. The highest BCUT2D eigenvalue weighted by atomic mass is 14.7. The Hall–Kier alpha value is -5.30. The second kappa shape index (κ2) is 11.6. The van der Waals surface area contributed by atoms with Crippen LogP contribution in [0.1, 0.15) is 46.5 Å². The van der Waals surface area contributed by atoms with Gasteiger partial charge in [0.1, 0.15) is 0 Å². The summed E-state index contributed by atoms with van der Waals surface area (Å²) in [4.78, 5) is 16.7. The van der Waals surface area contributed by atoms with Crippen LogP contribution in [0, 0.1) is 49.7 Å². The van der Waals surface area contributed by atoms with E-state index < -0.39 is 0 Å². The summed E-state index contributed by atoms with van der Waals surface area (Å²) in [5.41, 5.74) is 8.84. The van der Waals surface area contributed by atoms with Gasteiger partial charge in [0, 0.05) is 28.1 Å². The minimum atomic E-state index is 0.428. The monoisotopic (exact) mass is 492 g/mol. The standard InChI is InChI=1S/C32H24N6/c1-21-13-26(37-31(15-21)28-12-10-25(35-3)18-24(28)20-34)7-5-6-8-27-14-22(2)16-32(38-27)29-11-9-23(19-33)17-30(29)36-4/h9-18H,5-8H2,1-2H3. The summed E-state index contributed by atoms with van der Waals surface area (Å²) in [5.74, 6) is 0. The van der Waals surface area contributed by atoms with Gasteiger partial charge in [-0.15, -0.1) is 0 Å². The number of hydrogen-bond acceptors (Lipinski definition) is 4. The van der Waals surface area contributed by atoms with Crippen molar-refractivity contribution in [2.24, 2.45) is 0 Å². The number of pyridine rings is 2. The Morgan fingerprint density at radius 3 is 1.87 bits per heavy atom. The van der Waals surface area contributed by atoms with Crippen molar-refractivity contribution in [3.8, 4) is 34.7 Å². The third-order valence-corrected chi connectivity index (χ3v) is 6.21. The molecule has 38 heavy (non-hydrogen) atoms. The predicted molar refractivity (Wildman–Crippen MR) is 147 cm³/mol. The minimum absolute atomic E-state index is 0.428. The van der Waals surface area contributed by atoms with E-state index in [-0.39, 0.29) is 0 Å². The van der Waals surface area contributed by atoms with Crippen LogP contribution in [0.25, 0.3) is 32.2 Å². The summed E-state index contributed by atoms with van der Waals surface area (Å²) >= 11 is 0. The number of nitrogens with zero attached hydrogens (tertiary/aromatic N) is 6. The van der Waals surface area contributed by atoms with Gasteiger partial charge in [0.25, 0.3) is 0 Å². The molecule has 2 heterocycles. The predicted octanol–water partition coefficient (Wildman–Crippen LogP) is 7.84. The molecule has 2 aromatic heterocycles. The summed E-state index contributed by atoms with van der Waals surface area (Å²) in [6.45, 7) is 18.7. The van der Waals surface area contributed by atoms with Gasteiger partial charge < -0.3 is 0 Å². The van der Waals surface area contributed by atoms with Crippen LogP contribution < -0.4 is 0 Å². The van der Waals surface area contributed by atoms with E-state index in [2.05, 4.69) is 34.0 Å². The highest BCUT2D eigenvalue weighted by molar-refractivity contribution is 5.78. The normalized spacial score (nSPS) is 10.2. The summed E-state index contributed by atoms with van der Waals surface area (Å²) in [5, 5.41) is 18.7. The van der Waals surface area contributed by atoms with Gasteiger partial charge in [0.05, 0.1) is 42.2 Å². The average molecular weight is 493 g/mol. The Morgan fingerprint density at radius 1 is 0.711 bits per heavy atom. The number of nitriles is 2. The number of rotatable bonds is 7. The summed E-state index contributed by atoms with van der Waals surface area (Å²) in [7, 11) is 0. The molecule has 0 aliphatic carbocycles. The van der Waals surface area contributed by atoms with E-state index in [1.54, 1.807) is 36.4 Å². The lowest BCUT2D eigenvalue weighted by Gasteiger charge is -2.10. The highest BCUT2D eigenvalue weighted by Crippen LogP contribution is 2.31. The van der Waals surface area contributed by atoms with Crippen LogP contribution >= 0.6 is 0 Å².